The Morgan fingerprint density at radius 2 is 1.77 bits per heavy atom. The molecule has 0 aliphatic carbocycles. The van der Waals surface area contributed by atoms with Crippen LogP contribution in [0.2, 0.25) is 0 Å². The first-order chi connectivity index (χ1) is 14.6. The van der Waals surface area contributed by atoms with Crippen LogP contribution in [0.15, 0.2) is 24.8 Å². The van der Waals surface area contributed by atoms with Crippen LogP contribution in [0.1, 0.15) is 51.3 Å². The Morgan fingerprint density at radius 1 is 1.10 bits per heavy atom. The van der Waals surface area contributed by atoms with Crippen LogP contribution in [0.25, 0.3) is 0 Å². The number of nitrogens with one attached hydrogen (secondary N) is 1. The molecule has 0 spiro atoms. The molecule has 10 nitrogen and oxygen atoms in total. The summed E-state index contributed by atoms with van der Waals surface area (Å²) in [5, 5.41) is 17.2. The highest BCUT2D eigenvalue weighted by Crippen LogP contribution is 2.19. The molecule has 0 saturated carbocycles. The van der Waals surface area contributed by atoms with E-state index in [4.69, 9.17) is 19.8 Å². The highest BCUT2D eigenvalue weighted by molar-refractivity contribution is 5.48. The largest absolute Gasteiger partial charge is 0.483 e. The summed E-state index contributed by atoms with van der Waals surface area (Å²) in [6.07, 6.45) is 10.5. The lowest BCUT2D eigenvalue weighted by Gasteiger charge is -2.27. The van der Waals surface area contributed by atoms with Crippen molar-refractivity contribution >= 4 is 24.6 Å². The zero-order valence-corrected chi connectivity index (χ0v) is 17.6. The Bertz CT molecular complexity index is 726. The molecule has 0 amide bonds. The van der Waals surface area contributed by atoms with Crippen LogP contribution in [0.5, 0.6) is 0 Å². The summed E-state index contributed by atoms with van der Waals surface area (Å²) in [6.45, 7) is 7.95. The van der Waals surface area contributed by atoms with E-state index in [-0.39, 0.29) is 12.9 Å². The maximum Gasteiger partial charge on any atom is 0.290 e. The standard InChI is InChI=1S/C18H28N6.2CH2O2/c1-15(2)18-20-8-12-24(18)11-6-7-19-16-13-17(22-14-21-16)23-9-4-3-5-10-23;2*2-1-3/h8,12-15H,3-7,9-11H2,1-2H3,(H,19,21,22);2*1H,(H,2,3). The Labute approximate surface area is 177 Å². The van der Waals surface area contributed by atoms with E-state index >= 15 is 0 Å². The molecule has 3 heterocycles. The number of carbonyl (C=O) groups is 2. The Morgan fingerprint density at radius 3 is 2.40 bits per heavy atom. The van der Waals surface area contributed by atoms with E-state index in [1.807, 2.05) is 6.20 Å². The normalized spacial score (nSPS) is 12.8. The van der Waals surface area contributed by atoms with Crippen molar-refractivity contribution in [1.29, 1.82) is 0 Å². The van der Waals surface area contributed by atoms with Gasteiger partial charge >= 0.3 is 0 Å². The van der Waals surface area contributed by atoms with Gasteiger partial charge in [0, 0.05) is 50.6 Å². The summed E-state index contributed by atoms with van der Waals surface area (Å²) in [7, 11) is 0. The van der Waals surface area contributed by atoms with Gasteiger partial charge in [0.1, 0.15) is 23.8 Å². The number of aryl methyl sites for hydroxylation is 1. The van der Waals surface area contributed by atoms with E-state index in [9.17, 15) is 0 Å². The van der Waals surface area contributed by atoms with Crippen molar-refractivity contribution in [2.24, 2.45) is 0 Å². The molecular weight excluding hydrogens is 388 g/mol. The van der Waals surface area contributed by atoms with Gasteiger partial charge in [0.05, 0.1) is 0 Å². The number of aromatic nitrogens is 4. The molecule has 10 heteroatoms. The van der Waals surface area contributed by atoms with Crippen LogP contribution in [-0.4, -0.2) is 62.3 Å². The summed E-state index contributed by atoms with van der Waals surface area (Å²) in [4.78, 5) is 32.3. The summed E-state index contributed by atoms with van der Waals surface area (Å²) in [5.41, 5.74) is 0. The molecule has 0 unspecified atom stereocenters. The molecule has 30 heavy (non-hydrogen) atoms. The van der Waals surface area contributed by atoms with E-state index in [1.54, 1.807) is 6.33 Å². The van der Waals surface area contributed by atoms with Crippen molar-refractivity contribution in [3.05, 3.63) is 30.6 Å². The van der Waals surface area contributed by atoms with Gasteiger partial charge in [-0.3, -0.25) is 9.59 Å². The minimum atomic E-state index is -0.250. The van der Waals surface area contributed by atoms with Crippen molar-refractivity contribution in [1.82, 2.24) is 19.5 Å². The van der Waals surface area contributed by atoms with Gasteiger partial charge < -0.3 is 25.0 Å². The Hall–Kier alpha value is -3.17. The van der Waals surface area contributed by atoms with Crippen LogP contribution in [0.4, 0.5) is 11.6 Å². The van der Waals surface area contributed by atoms with Gasteiger partial charge in [-0.2, -0.15) is 0 Å². The molecule has 3 N–H and O–H groups in total. The molecule has 2 aromatic heterocycles. The molecule has 0 radical (unpaired) electrons. The van der Waals surface area contributed by atoms with Gasteiger partial charge in [-0.05, 0) is 25.7 Å². The molecule has 0 bridgehead atoms. The predicted octanol–water partition coefficient (Wildman–Crippen LogP) is 2.69. The summed E-state index contributed by atoms with van der Waals surface area (Å²) >= 11 is 0. The second kappa shape index (κ2) is 14.8. The monoisotopic (exact) mass is 420 g/mol. The number of piperidine rings is 1. The van der Waals surface area contributed by atoms with Gasteiger partial charge in [0.15, 0.2) is 0 Å². The molecule has 166 valence electrons. The van der Waals surface area contributed by atoms with Crippen LogP contribution in [0, 0.1) is 0 Å². The van der Waals surface area contributed by atoms with Crippen LogP contribution >= 0.6 is 0 Å². The van der Waals surface area contributed by atoms with E-state index in [0.717, 1.165) is 50.1 Å². The van der Waals surface area contributed by atoms with Gasteiger partial charge in [-0.15, -0.1) is 0 Å². The minimum absolute atomic E-state index is 0.250. The lowest BCUT2D eigenvalue weighted by molar-refractivity contribution is -0.123. The molecule has 3 rings (SSSR count). The third kappa shape index (κ3) is 8.89. The van der Waals surface area contributed by atoms with Crippen molar-refractivity contribution in [2.45, 2.75) is 52.0 Å². The molecule has 1 saturated heterocycles. The van der Waals surface area contributed by atoms with Crippen LogP contribution in [0.3, 0.4) is 0 Å². The number of anilines is 2. The molecule has 0 aromatic carbocycles. The fourth-order valence-electron chi connectivity index (χ4n) is 3.22. The third-order valence-electron chi connectivity index (χ3n) is 4.48. The van der Waals surface area contributed by atoms with Crippen molar-refractivity contribution in [2.75, 3.05) is 29.9 Å². The SMILES string of the molecule is CC(C)c1nccn1CCCNc1cc(N2CCCCC2)ncn1.O=CO.O=CO. The fourth-order valence-corrected chi connectivity index (χ4v) is 3.22. The first-order valence-corrected chi connectivity index (χ1v) is 10.0. The quantitative estimate of drug-likeness (QED) is 0.456. The van der Waals surface area contributed by atoms with E-state index in [2.05, 4.69) is 55.8 Å². The summed E-state index contributed by atoms with van der Waals surface area (Å²) in [5.74, 6) is 3.58. The van der Waals surface area contributed by atoms with Gasteiger partial charge in [0.25, 0.3) is 12.9 Å². The van der Waals surface area contributed by atoms with Gasteiger partial charge in [-0.1, -0.05) is 13.8 Å². The van der Waals surface area contributed by atoms with Gasteiger partial charge in [0.2, 0.25) is 0 Å². The summed E-state index contributed by atoms with van der Waals surface area (Å²) in [6, 6.07) is 2.07. The molecule has 1 aliphatic heterocycles. The Kier molecular flexibility index (Phi) is 12.2. The minimum Gasteiger partial charge on any atom is -0.483 e. The number of hydrogen-bond acceptors (Lipinski definition) is 7. The molecule has 1 aliphatic rings. The van der Waals surface area contributed by atoms with E-state index in [1.165, 1.54) is 19.3 Å². The zero-order valence-electron chi connectivity index (χ0n) is 17.6. The lowest BCUT2D eigenvalue weighted by Crippen LogP contribution is -2.30. The number of rotatable bonds is 7. The number of nitrogens with zero attached hydrogens (tertiary/aromatic N) is 5. The smallest absolute Gasteiger partial charge is 0.290 e. The maximum atomic E-state index is 8.36. The Balaban J connectivity index is 0.000000672. The van der Waals surface area contributed by atoms with Crippen molar-refractivity contribution < 1.29 is 19.8 Å². The zero-order chi connectivity index (χ0) is 22.2. The fraction of sp³-hybridized carbons (Fsp3) is 0.550. The number of imidazole rings is 1. The summed E-state index contributed by atoms with van der Waals surface area (Å²) < 4.78 is 2.24. The first kappa shape index (κ1) is 24.9. The molecule has 0 atom stereocenters. The van der Waals surface area contributed by atoms with Crippen molar-refractivity contribution in [3.8, 4) is 0 Å². The average molecular weight is 421 g/mol. The second-order valence-electron chi connectivity index (χ2n) is 6.93. The second-order valence-corrected chi connectivity index (χ2v) is 6.93. The molecule has 1 fully saturated rings. The highest BCUT2D eigenvalue weighted by atomic mass is 16.3. The van der Waals surface area contributed by atoms with Crippen LogP contribution < -0.4 is 10.2 Å². The number of carboxylic acid groups (broad SMARTS) is 2. The third-order valence-corrected chi connectivity index (χ3v) is 4.48. The molecular formula is C20H32N6O4. The molecule has 2 aromatic rings. The lowest BCUT2D eigenvalue weighted by atomic mass is 10.1. The average Bonchev–Trinajstić information content (AvgIpc) is 3.22. The predicted molar refractivity (Wildman–Crippen MR) is 115 cm³/mol. The van der Waals surface area contributed by atoms with Gasteiger partial charge in [-0.25, -0.2) is 15.0 Å². The van der Waals surface area contributed by atoms with E-state index < -0.39 is 0 Å². The highest BCUT2D eigenvalue weighted by Gasteiger charge is 2.12. The van der Waals surface area contributed by atoms with Crippen molar-refractivity contribution in [3.63, 3.8) is 0 Å². The topological polar surface area (TPSA) is 133 Å². The van der Waals surface area contributed by atoms with E-state index in [0.29, 0.717) is 5.92 Å². The maximum absolute atomic E-state index is 8.36. The first-order valence-electron chi connectivity index (χ1n) is 10.0. The van der Waals surface area contributed by atoms with Crippen LogP contribution in [-0.2, 0) is 16.1 Å². The number of hydrogen-bond donors (Lipinski definition) is 3.